The Morgan fingerprint density at radius 2 is 1.60 bits per heavy atom. The lowest BCUT2D eigenvalue weighted by Gasteiger charge is -2.33. The number of anilines is 1. The van der Waals surface area contributed by atoms with Gasteiger partial charge in [0, 0.05) is 22.6 Å². The molecule has 0 heterocycles. The van der Waals surface area contributed by atoms with Crippen LogP contribution in [0.2, 0.25) is 15.1 Å². The molecule has 3 aromatic rings. The van der Waals surface area contributed by atoms with E-state index in [9.17, 15) is 18.0 Å². The van der Waals surface area contributed by atoms with Crippen molar-refractivity contribution >= 4 is 62.3 Å². The van der Waals surface area contributed by atoms with E-state index in [-0.39, 0.29) is 34.1 Å². The smallest absolute Gasteiger partial charge is 0.264 e. The van der Waals surface area contributed by atoms with Gasteiger partial charge in [-0.1, -0.05) is 90.0 Å². The summed E-state index contributed by atoms with van der Waals surface area (Å²) in [4.78, 5) is 28.9. The summed E-state index contributed by atoms with van der Waals surface area (Å²) < 4.78 is 28.9. The zero-order chi connectivity index (χ0) is 30.4. The van der Waals surface area contributed by atoms with E-state index in [2.05, 4.69) is 5.32 Å². The number of sulfonamides is 1. The van der Waals surface area contributed by atoms with Crippen molar-refractivity contribution in [1.82, 2.24) is 10.2 Å². The molecule has 0 aromatic heterocycles. The van der Waals surface area contributed by atoms with Crippen LogP contribution in [0, 0.1) is 6.92 Å². The molecule has 4 rings (SSSR count). The van der Waals surface area contributed by atoms with E-state index in [4.69, 9.17) is 34.8 Å². The maximum Gasteiger partial charge on any atom is 0.264 e. The average Bonchev–Trinajstić information content (AvgIpc) is 2.96. The number of halogens is 3. The largest absolute Gasteiger partial charge is 0.352 e. The zero-order valence-electron chi connectivity index (χ0n) is 23.5. The minimum atomic E-state index is -4.22. The summed E-state index contributed by atoms with van der Waals surface area (Å²) in [6.45, 7) is 2.86. The summed E-state index contributed by atoms with van der Waals surface area (Å²) in [5.74, 6) is -0.908. The molecule has 224 valence electrons. The number of carbonyl (C=O) groups excluding carboxylic acids is 2. The van der Waals surface area contributed by atoms with Crippen LogP contribution >= 0.6 is 34.8 Å². The van der Waals surface area contributed by atoms with Gasteiger partial charge in [-0.2, -0.15) is 0 Å². The molecule has 1 fully saturated rings. The van der Waals surface area contributed by atoms with E-state index in [0.29, 0.717) is 15.6 Å². The third-order valence-electron chi connectivity index (χ3n) is 7.48. The zero-order valence-corrected chi connectivity index (χ0v) is 26.6. The summed E-state index contributed by atoms with van der Waals surface area (Å²) in [6.07, 6.45) is 4.96. The normalized spacial score (nSPS) is 14.7. The lowest BCUT2D eigenvalue weighted by molar-refractivity contribution is -0.139. The van der Waals surface area contributed by atoms with Gasteiger partial charge in [0.1, 0.15) is 12.6 Å². The minimum absolute atomic E-state index is 0.0104. The van der Waals surface area contributed by atoms with Gasteiger partial charge in [-0.25, -0.2) is 8.42 Å². The number of hydrogen-bond donors (Lipinski definition) is 1. The van der Waals surface area contributed by atoms with Gasteiger partial charge in [-0.05, 0) is 68.7 Å². The van der Waals surface area contributed by atoms with Crippen molar-refractivity contribution in [2.24, 2.45) is 0 Å². The molecule has 1 aliphatic carbocycles. The first kappa shape index (κ1) is 32.1. The fourth-order valence-electron chi connectivity index (χ4n) is 4.99. The maximum atomic E-state index is 14.1. The number of nitrogens with zero attached hydrogens (tertiary/aromatic N) is 2. The number of benzene rings is 3. The van der Waals surface area contributed by atoms with Crippen molar-refractivity contribution in [3.63, 3.8) is 0 Å². The molecule has 0 aliphatic heterocycles. The predicted octanol–water partition coefficient (Wildman–Crippen LogP) is 7.02. The van der Waals surface area contributed by atoms with Crippen molar-refractivity contribution in [3.05, 3.63) is 92.9 Å². The highest BCUT2D eigenvalue weighted by molar-refractivity contribution is 7.92. The van der Waals surface area contributed by atoms with Crippen LogP contribution in [0.3, 0.4) is 0 Å². The van der Waals surface area contributed by atoms with Crippen molar-refractivity contribution in [2.45, 2.75) is 69.5 Å². The standard InChI is InChI=1S/C31H34Cl3N3O4S/c1-21-12-16-26(17-13-21)42(40,41)37(29-11-7-6-10-27(29)33)20-30(38)36(19-23-14-15-24(32)18-28(23)34)22(2)31(39)35-25-8-4-3-5-9-25/h6-7,10-18,22,25H,3-5,8-9,19-20H2,1-2H3,(H,35,39)/t22-/m0/s1. The van der Waals surface area contributed by atoms with Gasteiger partial charge in [-0.3, -0.25) is 13.9 Å². The Morgan fingerprint density at radius 1 is 0.929 bits per heavy atom. The molecule has 1 atom stereocenters. The number of amides is 2. The van der Waals surface area contributed by atoms with Gasteiger partial charge in [-0.15, -0.1) is 0 Å². The van der Waals surface area contributed by atoms with Crippen LogP contribution in [0.1, 0.15) is 50.2 Å². The van der Waals surface area contributed by atoms with Gasteiger partial charge in [0.25, 0.3) is 10.0 Å². The topological polar surface area (TPSA) is 86.8 Å². The SMILES string of the molecule is Cc1ccc(S(=O)(=O)N(CC(=O)N(Cc2ccc(Cl)cc2Cl)[C@@H](C)C(=O)NC2CCCCC2)c2ccccc2Cl)cc1. The van der Waals surface area contributed by atoms with Gasteiger partial charge < -0.3 is 10.2 Å². The van der Waals surface area contributed by atoms with Crippen molar-refractivity contribution in [1.29, 1.82) is 0 Å². The summed E-state index contributed by atoms with van der Waals surface area (Å²) in [7, 11) is -4.22. The quantitative estimate of drug-likeness (QED) is 0.256. The Balaban J connectivity index is 1.70. The lowest BCUT2D eigenvalue weighted by atomic mass is 9.95. The Morgan fingerprint density at radius 3 is 2.24 bits per heavy atom. The van der Waals surface area contributed by atoms with E-state index in [1.54, 1.807) is 61.5 Å². The number of hydrogen-bond acceptors (Lipinski definition) is 4. The predicted molar refractivity (Wildman–Crippen MR) is 169 cm³/mol. The van der Waals surface area contributed by atoms with Crippen LogP contribution in [-0.4, -0.2) is 43.8 Å². The van der Waals surface area contributed by atoms with Gasteiger partial charge in [0.05, 0.1) is 15.6 Å². The third-order valence-corrected chi connectivity index (χ3v) is 10.2. The van der Waals surface area contributed by atoms with E-state index in [0.717, 1.165) is 42.0 Å². The molecule has 0 spiro atoms. The van der Waals surface area contributed by atoms with Crippen LogP contribution in [0.5, 0.6) is 0 Å². The van der Waals surface area contributed by atoms with Crippen molar-refractivity contribution in [3.8, 4) is 0 Å². The minimum Gasteiger partial charge on any atom is -0.352 e. The second-order valence-corrected chi connectivity index (χ2v) is 13.7. The monoisotopic (exact) mass is 649 g/mol. The number of aryl methyl sites for hydroxylation is 1. The first-order chi connectivity index (χ1) is 20.0. The van der Waals surface area contributed by atoms with Crippen LogP contribution in [0.4, 0.5) is 5.69 Å². The summed E-state index contributed by atoms with van der Waals surface area (Å²) in [6, 6.07) is 16.8. The number of rotatable bonds is 10. The highest BCUT2D eigenvalue weighted by Gasteiger charge is 2.34. The molecule has 1 N–H and O–H groups in total. The van der Waals surface area contributed by atoms with E-state index in [1.165, 1.54) is 17.0 Å². The fraction of sp³-hybridized carbons (Fsp3) is 0.355. The van der Waals surface area contributed by atoms with Crippen LogP contribution in [-0.2, 0) is 26.2 Å². The lowest BCUT2D eigenvalue weighted by Crippen LogP contribution is -2.53. The average molecular weight is 651 g/mol. The first-order valence-electron chi connectivity index (χ1n) is 13.8. The first-order valence-corrected chi connectivity index (χ1v) is 16.4. The van der Waals surface area contributed by atoms with Gasteiger partial charge in [0.15, 0.2) is 0 Å². The third kappa shape index (κ3) is 7.78. The highest BCUT2D eigenvalue weighted by atomic mass is 35.5. The van der Waals surface area contributed by atoms with Crippen LogP contribution in [0.15, 0.2) is 71.6 Å². The van der Waals surface area contributed by atoms with Crippen molar-refractivity contribution < 1.29 is 18.0 Å². The molecule has 0 unspecified atom stereocenters. The molecule has 11 heteroatoms. The fourth-order valence-corrected chi connectivity index (χ4v) is 7.18. The van der Waals surface area contributed by atoms with E-state index in [1.807, 2.05) is 6.92 Å². The van der Waals surface area contributed by atoms with Gasteiger partial charge >= 0.3 is 0 Å². The Bertz CT molecular complexity index is 1530. The number of para-hydroxylation sites is 1. The molecular weight excluding hydrogens is 617 g/mol. The summed E-state index contributed by atoms with van der Waals surface area (Å²) in [5, 5.41) is 4.00. The Hall–Kier alpha value is -2.78. The molecule has 0 radical (unpaired) electrons. The van der Waals surface area contributed by atoms with Gasteiger partial charge in [0.2, 0.25) is 11.8 Å². The molecular formula is C31H34Cl3N3O4S. The molecule has 2 amide bonds. The number of carbonyl (C=O) groups is 2. The van der Waals surface area contributed by atoms with E-state index >= 15 is 0 Å². The molecule has 42 heavy (non-hydrogen) atoms. The molecule has 1 aliphatic rings. The van der Waals surface area contributed by atoms with Crippen LogP contribution < -0.4 is 9.62 Å². The second-order valence-electron chi connectivity index (χ2n) is 10.6. The van der Waals surface area contributed by atoms with Crippen LogP contribution in [0.25, 0.3) is 0 Å². The molecule has 0 bridgehead atoms. The van der Waals surface area contributed by atoms with Crippen molar-refractivity contribution in [2.75, 3.05) is 10.8 Å². The summed E-state index contributed by atoms with van der Waals surface area (Å²) >= 11 is 19.0. The highest BCUT2D eigenvalue weighted by Crippen LogP contribution is 2.31. The Kier molecular flexibility index (Phi) is 10.8. The summed E-state index contributed by atoms with van der Waals surface area (Å²) in [5.41, 5.74) is 1.60. The molecule has 0 saturated heterocycles. The molecule has 7 nitrogen and oxygen atoms in total. The number of nitrogens with one attached hydrogen (secondary N) is 1. The Labute approximate surface area is 262 Å². The second kappa shape index (κ2) is 14.1. The molecule has 1 saturated carbocycles. The maximum absolute atomic E-state index is 14.1. The molecule has 3 aromatic carbocycles. The van der Waals surface area contributed by atoms with E-state index < -0.39 is 28.5 Å².